The normalized spacial score (nSPS) is 9.69. The van der Waals surface area contributed by atoms with Gasteiger partial charge in [-0.05, 0) is 24.6 Å². The molecule has 0 bridgehead atoms. The van der Waals surface area contributed by atoms with Crippen molar-refractivity contribution < 1.29 is 14.6 Å². The van der Waals surface area contributed by atoms with Crippen LogP contribution in [0.4, 0.5) is 0 Å². The van der Waals surface area contributed by atoms with Crippen LogP contribution in [0.25, 0.3) is 0 Å². The minimum absolute atomic E-state index is 0.346. The number of rotatable bonds is 3. The van der Waals surface area contributed by atoms with Crippen molar-refractivity contribution in [2.75, 3.05) is 6.61 Å². The van der Waals surface area contributed by atoms with Gasteiger partial charge in [-0.15, -0.1) is 0 Å². The van der Waals surface area contributed by atoms with Crippen LogP contribution in [0.2, 0.25) is 5.02 Å². The highest BCUT2D eigenvalue weighted by Gasteiger charge is 2.02. The van der Waals surface area contributed by atoms with Gasteiger partial charge in [0.2, 0.25) is 0 Å². The molecule has 1 aromatic rings. The number of aryl methyl sites for hydroxylation is 1. The predicted octanol–water partition coefficient (Wildman–Crippen LogP) is 2.11. The molecule has 0 aliphatic heterocycles. The van der Waals surface area contributed by atoms with Gasteiger partial charge in [0.15, 0.2) is 6.61 Å². The molecule has 3 nitrogen and oxygen atoms in total. The molecule has 0 amide bonds. The topological polar surface area (TPSA) is 46.5 Å². The first-order chi connectivity index (χ1) is 6.09. The largest absolute Gasteiger partial charge is 0.482 e. The van der Waals surface area contributed by atoms with E-state index < -0.39 is 5.97 Å². The summed E-state index contributed by atoms with van der Waals surface area (Å²) < 4.78 is 5.00. The van der Waals surface area contributed by atoms with Crippen LogP contribution in [-0.2, 0) is 4.79 Å². The van der Waals surface area contributed by atoms with Gasteiger partial charge in [0.1, 0.15) is 5.75 Å². The summed E-state index contributed by atoms with van der Waals surface area (Å²) in [6, 6.07) is 5.10. The van der Waals surface area contributed by atoms with E-state index in [0.29, 0.717) is 10.8 Å². The number of benzene rings is 1. The second kappa shape index (κ2) is 4.14. The summed E-state index contributed by atoms with van der Waals surface area (Å²) in [4.78, 5) is 10.2. The Bertz CT molecular complexity index is 323. The molecule has 0 spiro atoms. The summed E-state index contributed by atoms with van der Waals surface area (Å²) in [5.74, 6) is -0.491. The number of ether oxygens (including phenoxy) is 1. The Labute approximate surface area is 80.9 Å². The van der Waals surface area contributed by atoms with Gasteiger partial charge >= 0.3 is 5.97 Å². The number of carbonyl (C=O) groups is 1. The monoisotopic (exact) mass is 200 g/mol. The molecule has 0 saturated carbocycles. The van der Waals surface area contributed by atoms with Crippen LogP contribution in [0.3, 0.4) is 0 Å². The fourth-order valence-corrected chi connectivity index (χ4v) is 1.03. The van der Waals surface area contributed by atoms with E-state index in [-0.39, 0.29) is 6.61 Å². The second-order valence-electron chi connectivity index (χ2n) is 2.59. The summed E-state index contributed by atoms with van der Waals surface area (Å²) in [7, 11) is 0. The van der Waals surface area contributed by atoms with E-state index in [2.05, 4.69) is 0 Å². The van der Waals surface area contributed by atoms with Gasteiger partial charge in [0, 0.05) is 5.02 Å². The van der Waals surface area contributed by atoms with Crippen molar-refractivity contribution in [2.24, 2.45) is 0 Å². The molecule has 0 aliphatic carbocycles. The average molecular weight is 201 g/mol. The minimum Gasteiger partial charge on any atom is -0.482 e. The Morgan fingerprint density at radius 3 is 2.92 bits per heavy atom. The van der Waals surface area contributed by atoms with Crippen molar-refractivity contribution >= 4 is 17.6 Å². The SMILES string of the molecule is Cc1ccc(Cl)cc1OCC(=O)O. The van der Waals surface area contributed by atoms with E-state index in [1.54, 1.807) is 18.2 Å². The number of carboxylic acids is 1. The van der Waals surface area contributed by atoms with Crippen molar-refractivity contribution in [1.29, 1.82) is 0 Å². The molecule has 70 valence electrons. The molecule has 0 radical (unpaired) electrons. The zero-order valence-corrected chi connectivity index (χ0v) is 7.84. The van der Waals surface area contributed by atoms with Gasteiger partial charge in [0.25, 0.3) is 0 Å². The molecule has 0 heterocycles. The van der Waals surface area contributed by atoms with Gasteiger partial charge in [-0.2, -0.15) is 0 Å². The lowest BCUT2D eigenvalue weighted by atomic mass is 10.2. The minimum atomic E-state index is -1.00. The maximum atomic E-state index is 10.2. The highest BCUT2D eigenvalue weighted by molar-refractivity contribution is 6.30. The van der Waals surface area contributed by atoms with Gasteiger partial charge in [-0.25, -0.2) is 4.79 Å². The van der Waals surface area contributed by atoms with Gasteiger partial charge in [0.05, 0.1) is 0 Å². The third-order valence-electron chi connectivity index (χ3n) is 1.50. The van der Waals surface area contributed by atoms with E-state index in [0.717, 1.165) is 5.56 Å². The van der Waals surface area contributed by atoms with E-state index >= 15 is 0 Å². The number of aliphatic carboxylic acids is 1. The van der Waals surface area contributed by atoms with E-state index in [4.69, 9.17) is 21.4 Å². The summed E-state index contributed by atoms with van der Waals surface area (Å²) in [6.45, 7) is 1.48. The van der Waals surface area contributed by atoms with E-state index in [9.17, 15) is 4.79 Å². The Kier molecular flexibility index (Phi) is 3.14. The molecular weight excluding hydrogens is 192 g/mol. The average Bonchev–Trinajstić information content (AvgIpc) is 2.06. The van der Waals surface area contributed by atoms with Crippen LogP contribution in [0.5, 0.6) is 5.75 Å². The lowest BCUT2D eigenvalue weighted by Crippen LogP contribution is -2.09. The van der Waals surface area contributed by atoms with Crippen molar-refractivity contribution in [3.63, 3.8) is 0 Å². The zero-order chi connectivity index (χ0) is 9.84. The molecule has 0 saturated heterocycles. The Balaban J connectivity index is 2.75. The number of carboxylic acid groups (broad SMARTS) is 1. The lowest BCUT2D eigenvalue weighted by Gasteiger charge is -2.06. The summed E-state index contributed by atoms with van der Waals surface area (Å²) in [5.41, 5.74) is 0.866. The Morgan fingerprint density at radius 2 is 2.31 bits per heavy atom. The van der Waals surface area contributed by atoms with Crippen molar-refractivity contribution in [1.82, 2.24) is 0 Å². The smallest absolute Gasteiger partial charge is 0.341 e. The third-order valence-corrected chi connectivity index (χ3v) is 1.74. The second-order valence-corrected chi connectivity index (χ2v) is 3.03. The molecular formula is C9H9ClO3. The number of halogens is 1. The van der Waals surface area contributed by atoms with Crippen LogP contribution in [-0.4, -0.2) is 17.7 Å². The van der Waals surface area contributed by atoms with Crippen LogP contribution in [0, 0.1) is 6.92 Å². The highest BCUT2D eigenvalue weighted by Crippen LogP contribution is 2.22. The molecule has 1 rings (SSSR count). The van der Waals surface area contributed by atoms with E-state index in [1.807, 2.05) is 6.92 Å². The van der Waals surface area contributed by atoms with E-state index in [1.165, 1.54) is 0 Å². The van der Waals surface area contributed by atoms with Crippen LogP contribution in [0.15, 0.2) is 18.2 Å². The zero-order valence-electron chi connectivity index (χ0n) is 7.08. The summed E-state index contributed by atoms with van der Waals surface area (Å²) in [6.07, 6.45) is 0. The van der Waals surface area contributed by atoms with Crippen LogP contribution >= 0.6 is 11.6 Å². The molecule has 1 N–H and O–H groups in total. The fraction of sp³-hybridized carbons (Fsp3) is 0.222. The molecule has 0 atom stereocenters. The first kappa shape index (κ1) is 9.86. The lowest BCUT2D eigenvalue weighted by molar-refractivity contribution is -0.139. The van der Waals surface area contributed by atoms with Gasteiger partial charge < -0.3 is 9.84 Å². The quantitative estimate of drug-likeness (QED) is 0.813. The van der Waals surface area contributed by atoms with Crippen LogP contribution < -0.4 is 4.74 Å². The standard InChI is InChI=1S/C9H9ClO3/c1-6-2-3-7(10)4-8(6)13-5-9(11)12/h2-4H,5H2,1H3,(H,11,12). The highest BCUT2D eigenvalue weighted by atomic mass is 35.5. The molecule has 4 heteroatoms. The van der Waals surface area contributed by atoms with Gasteiger partial charge in [-0.3, -0.25) is 0 Å². The number of hydrogen-bond donors (Lipinski definition) is 1. The maximum absolute atomic E-state index is 10.2. The van der Waals surface area contributed by atoms with Crippen molar-refractivity contribution in [2.45, 2.75) is 6.92 Å². The van der Waals surface area contributed by atoms with Gasteiger partial charge in [-0.1, -0.05) is 17.7 Å². The molecule has 0 unspecified atom stereocenters. The first-order valence-corrected chi connectivity index (χ1v) is 4.08. The Morgan fingerprint density at radius 1 is 1.62 bits per heavy atom. The maximum Gasteiger partial charge on any atom is 0.341 e. The Hall–Kier alpha value is -1.22. The summed E-state index contributed by atoms with van der Waals surface area (Å²) >= 11 is 5.70. The summed E-state index contributed by atoms with van der Waals surface area (Å²) in [5, 5.41) is 8.91. The number of hydrogen-bond acceptors (Lipinski definition) is 2. The van der Waals surface area contributed by atoms with Crippen molar-refractivity contribution in [3.8, 4) is 5.75 Å². The molecule has 0 aromatic heterocycles. The van der Waals surface area contributed by atoms with Crippen LogP contribution in [0.1, 0.15) is 5.56 Å². The third kappa shape index (κ3) is 2.95. The molecule has 0 aliphatic rings. The van der Waals surface area contributed by atoms with Crippen molar-refractivity contribution in [3.05, 3.63) is 28.8 Å². The molecule has 1 aromatic carbocycles. The fourth-order valence-electron chi connectivity index (χ4n) is 0.869. The first-order valence-electron chi connectivity index (χ1n) is 3.70. The predicted molar refractivity (Wildman–Crippen MR) is 49.3 cm³/mol. The molecule has 13 heavy (non-hydrogen) atoms. The molecule has 0 fully saturated rings.